The van der Waals surface area contributed by atoms with E-state index < -0.39 is 19.6 Å². The third kappa shape index (κ3) is 1.68. The molecule has 0 amide bonds. The van der Waals surface area contributed by atoms with E-state index >= 15 is 0 Å². The zero-order chi connectivity index (χ0) is 17.8. The molecule has 1 aliphatic rings. The van der Waals surface area contributed by atoms with E-state index in [2.05, 4.69) is 4.99 Å². The van der Waals surface area contributed by atoms with Crippen LogP contribution in [0.25, 0.3) is 21.9 Å². The fraction of sp³-hybridized carbons (Fsp3) is 0.167. The molecule has 2 atom stereocenters. The number of hydrogen-bond donors (Lipinski definition) is 0. The first kappa shape index (κ1) is 7.44. The van der Waals surface area contributed by atoms with Gasteiger partial charge in [0.25, 0.3) is 0 Å². The van der Waals surface area contributed by atoms with Crippen LogP contribution in [0.3, 0.4) is 0 Å². The first-order valence-electron chi connectivity index (χ1n) is 9.07. The van der Waals surface area contributed by atoms with Crippen LogP contribution in [-0.4, -0.2) is 5.71 Å². The van der Waals surface area contributed by atoms with Gasteiger partial charge in [0, 0.05) is 29.4 Å². The third-order valence-electron chi connectivity index (χ3n) is 3.44. The van der Waals surface area contributed by atoms with Gasteiger partial charge in [-0.3, -0.25) is 4.99 Å². The van der Waals surface area contributed by atoms with Gasteiger partial charge in [0.2, 0.25) is 0 Å². The largest absolute Gasteiger partial charge is 0.455 e. The van der Waals surface area contributed by atoms with Gasteiger partial charge in [-0.25, -0.2) is 0 Å². The van der Waals surface area contributed by atoms with Crippen molar-refractivity contribution in [2.75, 3.05) is 0 Å². The van der Waals surface area contributed by atoms with Crippen LogP contribution in [0.15, 0.2) is 63.6 Å². The standard InChI is InChI=1S/C18H15NO/c1-12-9-10-16(19-11-12)15-7-4-6-14-13-5-2-3-8-17(13)20-18(14)15/h2-8,11H,9-10H2,1H3/i1D3,9D,10D. The van der Waals surface area contributed by atoms with E-state index in [1.54, 1.807) is 6.07 Å². The molecule has 2 unspecified atom stereocenters. The normalized spacial score (nSPS) is 27.1. The van der Waals surface area contributed by atoms with Crippen molar-refractivity contribution in [3.8, 4) is 0 Å². The molecule has 98 valence electrons. The Labute approximate surface area is 124 Å². The van der Waals surface area contributed by atoms with Crippen molar-refractivity contribution in [3.05, 3.63) is 59.8 Å². The average Bonchev–Trinajstić information content (AvgIpc) is 2.95. The number of para-hydroxylation sites is 2. The monoisotopic (exact) mass is 266 g/mol. The van der Waals surface area contributed by atoms with E-state index in [4.69, 9.17) is 11.3 Å². The van der Waals surface area contributed by atoms with Crippen LogP contribution in [0.1, 0.15) is 32.1 Å². The lowest BCUT2D eigenvalue weighted by molar-refractivity contribution is 0.667. The molecule has 2 heteroatoms. The summed E-state index contributed by atoms with van der Waals surface area (Å²) in [6, 6.07) is 13.3. The second-order valence-electron chi connectivity index (χ2n) is 4.71. The zero-order valence-corrected chi connectivity index (χ0v) is 10.6. The van der Waals surface area contributed by atoms with Gasteiger partial charge < -0.3 is 4.42 Å². The van der Waals surface area contributed by atoms with E-state index in [0.29, 0.717) is 16.9 Å². The van der Waals surface area contributed by atoms with Crippen LogP contribution in [0.5, 0.6) is 0 Å². The van der Waals surface area contributed by atoms with Crippen LogP contribution in [0.2, 0.25) is 0 Å². The summed E-state index contributed by atoms with van der Waals surface area (Å²) in [5.74, 6) is 0. The fourth-order valence-electron chi connectivity index (χ4n) is 2.50. The number of rotatable bonds is 1. The Balaban J connectivity index is 1.93. The molecule has 0 saturated heterocycles. The Morgan fingerprint density at radius 1 is 1.10 bits per heavy atom. The Kier molecular flexibility index (Phi) is 1.61. The highest BCUT2D eigenvalue weighted by atomic mass is 16.3. The Bertz CT molecular complexity index is 1030. The predicted octanol–water partition coefficient (Wildman–Crippen LogP) is 5.07. The molecule has 0 spiro atoms. The molecule has 0 saturated carbocycles. The number of furan rings is 1. The molecular formula is C18H15NO. The molecule has 3 aromatic rings. The minimum absolute atomic E-state index is 0.104. The summed E-state index contributed by atoms with van der Waals surface area (Å²) in [6.45, 7) is -2.41. The third-order valence-corrected chi connectivity index (χ3v) is 3.44. The van der Waals surface area contributed by atoms with Gasteiger partial charge in [0.05, 0.1) is 5.71 Å². The van der Waals surface area contributed by atoms with Crippen LogP contribution in [-0.2, 0) is 0 Å². The minimum Gasteiger partial charge on any atom is -0.455 e. The molecule has 0 aliphatic carbocycles. The van der Waals surface area contributed by atoms with Crippen molar-refractivity contribution >= 4 is 27.7 Å². The fourth-order valence-corrected chi connectivity index (χ4v) is 2.50. The van der Waals surface area contributed by atoms with Gasteiger partial charge in [-0.1, -0.05) is 35.9 Å². The summed E-state index contributed by atoms with van der Waals surface area (Å²) in [7, 11) is 0. The second kappa shape index (κ2) is 4.34. The number of nitrogens with zero attached hydrogens (tertiary/aromatic N) is 1. The molecule has 1 aromatic heterocycles. The van der Waals surface area contributed by atoms with E-state index in [0.717, 1.165) is 16.4 Å². The highest BCUT2D eigenvalue weighted by Gasteiger charge is 2.15. The highest BCUT2D eigenvalue weighted by Crippen LogP contribution is 2.32. The predicted molar refractivity (Wildman–Crippen MR) is 83.2 cm³/mol. The topological polar surface area (TPSA) is 25.5 Å². The average molecular weight is 266 g/mol. The van der Waals surface area contributed by atoms with Crippen LogP contribution in [0, 0.1) is 0 Å². The molecule has 0 N–H and O–H groups in total. The highest BCUT2D eigenvalue weighted by molar-refractivity contribution is 6.15. The lowest BCUT2D eigenvalue weighted by atomic mass is 9.99. The van der Waals surface area contributed by atoms with Crippen molar-refractivity contribution in [3.63, 3.8) is 0 Å². The quantitative estimate of drug-likeness (QED) is 0.603. The summed E-state index contributed by atoms with van der Waals surface area (Å²) < 4.78 is 44.9. The molecule has 0 radical (unpaired) electrons. The Morgan fingerprint density at radius 3 is 2.95 bits per heavy atom. The first-order valence-corrected chi connectivity index (χ1v) is 6.41. The van der Waals surface area contributed by atoms with Crippen molar-refractivity contribution in [2.45, 2.75) is 19.6 Å². The molecule has 2 nitrogen and oxygen atoms in total. The van der Waals surface area contributed by atoms with Gasteiger partial charge in [-0.2, -0.15) is 0 Å². The van der Waals surface area contributed by atoms with Gasteiger partial charge in [-0.15, -0.1) is 0 Å². The van der Waals surface area contributed by atoms with E-state index in [9.17, 15) is 0 Å². The van der Waals surface area contributed by atoms with Crippen molar-refractivity contribution in [1.82, 2.24) is 0 Å². The molecule has 2 heterocycles. The summed E-state index contributed by atoms with van der Waals surface area (Å²) >= 11 is 0. The molecule has 20 heavy (non-hydrogen) atoms. The van der Waals surface area contributed by atoms with Gasteiger partial charge in [0.15, 0.2) is 0 Å². The number of aliphatic imine (C=N–C) groups is 1. The maximum atomic E-state index is 8.34. The summed E-state index contributed by atoms with van der Waals surface area (Å²) in [5.41, 5.74) is 2.24. The SMILES string of the molecule is [2H]C1C(C([2H])([2H])[2H])=CN=C(c2cccc3c2oc2ccccc23)C1[2H]. The van der Waals surface area contributed by atoms with E-state index in [1.807, 2.05) is 36.4 Å². The summed E-state index contributed by atoms with van der Waals surface area (Å²) in [6.07, 6.45) is -1.05. The molecule has 2 aromatic carbocycles. The molecule has 0 bridgehead atoms. The number of hydrogen-bond acceptors (Lipinski definition) is 2. The lowest BCUT2D eigenvalue weighted by Gasteiger charge is -2.11. The van der Waals surface area contributed by atoms with Crippen molar-refractivity contribution < 1.29 is 11.3 Å². The minimum atomic E-state index is -2.41. The van der Waals surface area contributed by atoms with Crippen LogP contribution >= 0.6 is 0 Å². The van der Waals surface area contributed by atoms with E-state index in [1.165, 1.54) is 6.20 Å². The smallest absolute Gasteiger partial charge is 0.144 e. The van der Waals surface area contributed by atoms with Crippen molar-refractivity contribution in [2.24, 2.45) is 4.99 Å². The molecule has 0 fully saturated rings. The number of benzene rings is 2. The molecular weight excluding hydrogens is 246 g/mol. The van der Waals surface area contributed by atoms with Gasteiger partial charge in [0.1, 0.15) is 11.2 Å². The lowest BCUT2D eigenvalue weighted by Crippen LogP contribution is -2.04. The summed E-state index contributed by atoms with van der Waals surface area (Å²) in [5, 5.41) is 1.88. The first-order chi connectivity index (χ1) is 11.9. The molecule has 1 aliphatic heterocycles. The Morgan fingerprint density at radius 2 is 2.00 bits per heavy atom. The van der Waals surface area contributed by atoms with Gasteiger partial charge >= 0.3 is 0 Å². The maximum Gasteiger partial charge on any atom is 0.144 e. The van der Waals surface area contributed by atoms with Crippen LogP contribution < -0.4 is 0 Å². The Hall–Kier alpha value is -2.35. The van der Waals surface area contributed by atoms with Gasteiger partial charge in [-0.05, 0) is 31.8 Å². The summed E-state index contributed by atoms with van der Waals surface area (Å²) in [4.78, 5) is 4.23. The maximum absolute atomic E-state index is 8.34. The zero-order valence-electron chi connectivity index (χ0n) is 15.6. The molecule has 4 rings (SSSR count). The van der Waals surface area contributed by atoms with Crippen LogP contribution in [0.4, 0.5) is 0 Å². The second-order valence-corrected chi connectivity index (χ2v) is 4.71. The van der Waals surface area contributed by atoms with E-state index in [-0.39, 0.29) is 5.57 Å². The number of allylic oxidation sites excluding steroid dienone is 1. The number of fused-ring (bicyclic) bond motifs is 3. The van der Waals surface area contributed by atoms with Crippen molar-refractivity contribution in [1.29, 1.82) is 0 Å².